The van der Waals surface area contributed by atoms with Crippen molar-refractivity contribution in [2.45, 2.75) is 12.8 Å². The van der Waals surface area contributed by atoms with Gasteiger partial charge in [0.1, 0.15) is 0 Å². The number of carbonyl (C=O) groups is 1. The average molecular weight is 295 g/mol. The maximum atomic E-state index is 12.5. The molecule has 0 atom stereocenters. The topological polar surface area (TPSA) is 23.6 Å². The van der Waals surface area contributed by atoms with Gasteiger partial charge in [-0.3, -0.25) is 4.79 Å². The van der Waals surface area contributed by atoms with Gasteiger partial charge in [-0.1, -0.05) is 0 Å². The van der Waals surface area contributed by atoms with E-state index in [0.29, 0.717) is 11.7 Å². The van der Waals surface area contributed by atoms with E-state index in [9.17, 15) is 4.79 Å². The third-order valence-corrected chi connectivity index (χ3v) is 4.20. The molecule has 110 valence electrons. The van der Waals surface area contributed by atoms with Crippen LogP contribution in [-0.4, -0.2) is 50.3 Å². The highest BCUT2D eigenvalue weighted by atomic mass is 35.5. The zero-order valence-corrected chi connectivity index (χ0v) is 13.1. The Morgan fingerprint density at radius 3 is 2.35 bits per heavy atom. The number of alkyl halides is 1. The number of hydrogen-bond acceptors (Lipinski definition) is 3. The van der Waals surface area contributed by atoms with Crippen LogP contribution in [0, 0.1) is 5.92 Å². The van der Waals surface area contributed by atoms with Crippen LogP contribution in [0.15, 0.2) is 24.3 Å². The highest BCUT2D eigenvalue weighted by Gasteiger charge is 2.25. The smallest absolute Gasteiger partial charge is 0.166 e. The van der Waals surface area contributed by atoms with E-state index in [1.165, 1.54) is 0 Å². The van der Waals surface area contributed by atoms with Gasteiger partial charge in [-0.2, -0.15) is 0 Å². The van der Waals surface area contributed by atoms with Crippen LogP contribution in [0.1, 0.15) is 23.2 Å². The molecule has 0 radical (unpaired) electrons. The van der Waals surface area contributed by atoms with Crippen molar-refractivity contribution in [3.8, 4) is 0 Å². The van der Waals surface area contributed by atoms with Crippen LogP contribution in [0.4, 0.5) is 5.69 Å². The average Bonchev–Trinajstić information content (AvgIpc) is 2.48. The summed E-state index contributed by atoms with van der Waals surface area (Å²) in [6, 6.07) is 7.91. The van der Waals surface area contributed by atoms with Gasteiger partial charge in [-0.25, -0.2) is 0 Å². The molecular weight excluding hydrogens is 272 g/mol. The van der Waals surface area contributed by atoms with Crippen LogP contribution in [0.25, 0.3) is 0 Å². The summed E-state index contributed by atoms with van der Waals surface area (Å²) in [6.07, 6.45) is 1.90. The van der Waals surface area contributed by atoms with Gasteiger partial charge in [0, 0.05) is 43.7 Å². The SMILES string of the molecule is CN(C)c1ccc(C(=O)C2CCN(CCCl)CC2)cc1. The van der Waals surface area contributed by atoms with Crippen molar-refractivity contribution >= 4 is 23.1 Å². The monoisotopic (exact) mass is 294 g/mol. The molecule has 0 saturated carbocycles. The van der Waals surface area contributed by atoms with Crippen molar-refractivity contribution in [2.24, 2.45) is 5.92 Å². The summed E-state index contributed by atoms with van der Waals surface area (Å²) in [5, 5.41) is 0. The van der Waals surface area contributed by atoms with Gasteiger partial charge in [0.05, 0.1) is 0 Å². The predicted octanol–water partition coefficient (Wildman–Crippen LogP) is 2.89. The molecule has 1 fully saturated rings. The molecule has 1 aliphatic heterocycles. The lowest BCUT2D eigenvalue weighted by atomic mass is 9.89. The Labute approximate surface area is 126 Å². The van der Waals surface area contributed by atoms with Crippen molar-refractivity contribution in [2.75, 3.05) is 44.5 Å². The number of piperidine rings is 1. The Morgan fingerprint density at radius 1 is 1.25 bits per heavy atom. The van der Waals surface area contributed by atoms with E-state index >= 15 is 0 Å². The van der Waals surface area contributed by atoms with Gasteiger partial charge >= 0.3 is 0 Å². The first-order valence-electron chi connectivity index (χ1n) is 7.21. The third-order valence-electron chi connectivity index (χ3n) is 4.03. The van der Waals surface area contributed by atoms with Gasteiger partial charge in [0.15, 0.2) is 5.78 Å². The lowest BCUT2D eigenvalue weighted by Crippen LogP contribution is -2.37. The molecule has 0 amide bonds. The Balaban J connectivity index is 1.95. The van der Waals surface area contributed by atoms with Crippen molar-refractivity contribution in [1.82, 2.24) is 4.90 Å². The van der Waals surface area contributed by atoms with Gasteiger partial charge in [-0.05, 0) is 50.2 Å². The first-order chi connectivity index (χ1) is 9.61. The number of carbonyl (C=O) groups excluding carboxylic acids is 1. The number of rotatable bonds is 5. The molecule has 1 heterocycles. The second-order valence-electron chi connectivity index (χ2n) is 5.61. The molecule has 1 aromatic rings. The number of halogens is 1. The number of anilines is 1. The molecule has 0 spiro atoms. The van der Waals surface area contributed by atoms with E-state index in [1.807, 2.05) is 43.3 Å². The van der Waals surface area contributed by atoms with E-state index in [4.69, 9.17) is 11.6 Å². The fraction of sp³-hybridized carbons (Fsp3) is 0.562. The Bertz CT molecular complexity index is 436. The van der Waals surface area contributed by atoms with E-state index in [0.717, 1.165) is 43.7 Å². The van der Waals surface area contributed by atoms with Crippen LogP contribution >= 0.6 is 11.6 Å². The van der Waals surface area contributed by atoms with E-state index < -0.39 is 0 Å². The molecule has 0 aliphatic carbocycles. The van der Waals surface area contributed by atoms with Gasteiger partial charge < -0.3 is 9.80 Å². The summed E-state index contributed by atoms with van der Waals surface area (Å²) in [4.78, 5) is 16.9. The maximum absolute atomic E-state index is 12.5. The summed E-state index contributed by atoms with van der Waals surface area (Å²) in [5.74, 6) is 1.14. The standard InChI is InChI=1S/C16H23ClN2O/c1-18(2)15-5-3-13(4-6-15)16(20)14-7-10-19(11-8-14)12-9-17/h3-6,14H,7-12H2,1-2H3. The zero-order valence-electron chi connectivity index (χ0n) is 12.3. The molecule has 2 rings (SSSR count). The summed E-state index contributed by atoms with van der Waals surface area (Å²) < 4.78 is 0. The molecule has 0 unspecified atom stereocenters. The number of Topliss-reactive ketones (excluding diaryl/α,β-unsaturated/α-hetero) is 1. The van der Waals surface area contributed by atoms with Gasteiger partial charge in [0.2, 0.25) is 0 Å². The molecule has 1 aromatic carbocycles. The molecule has 1 saturated heterocycles. The third kappa shape index (κ3) is 3.74. The Kier molecular flexibility index (Phi) is 5.44. The lowest BCUT2D eigenvalue weighted by molar-refractivity contribution is 0.0845. The van der Waals surface area contributed by atoms with E-state index in [2.05, 4.69) is 4.90 Å². The Hall–Kier alpha value is -1.06. The molecule has 0 bridgehead atoms. The summed E-state index contributed by atoms with van der Waals surface area (Å²) in [5.41, 5.74) is 1.96. The van der Waals surface area contributed by atoms with Crippen molar-refractivity contribution in [3.05, 3.63) is 29.8 Å². The minimum Gasteiger partial charge on any atom is -0.378 e. The highest BCUT2D eigenvalue weighted by molar-refractivity contribution is 6.18. The highest BCUT2D eigenvalue weighted by Crippen LogP contribution is 2.23. The largest absolute Gasteiger partial charge is 0.378 e. The number of benzene rings is 1. The predicted molar refractivity (Wildman–Crippen MR) is 85.0 cm³/mol. The quantitative estimate of drug-likeness (QED) is 0.616. The number of nitrogens with zero attached hydrogens (tertiary/aromatic N) is 2. The normalized spacial score (nSPS) is 17.1. The summed E-state index contributed by atoms with van der Waals surface area (Å²) >= 11 is 5.76. The molecule has 0 N–H and O–H groups in total. The number of ketones is 1. The van der Waals surface area contributed by atoms with Crippen LogP contribution < -0.4 is 4.90 Å². The summed E-state index contributed by atoms with van der Waals surface area (Å²) in [6.45, 7) is 2.90. The first kappa shape index (κ1) is 15.3. The first-order valence-corrected chi connectivity index (χ1v) is 7.75. The van der Waals surface area contributed by atoms with Crippen LogP contribution in [0.5, 0.6) is 0 Å². The molecule has 3 nitrogen and oxygen atoms in total. The number of likely N-dealkylation sites (tertiary alicyclic amines) is 1. The molecule has 20 heavy (non-hydrogen) atoms. The Morgan fingerprint density at radius 2 is 1.85 bits per heavy atom. The van der Waals surface area contributed by atoms with Crippen LogP contribution in [-0.2, 0) is 0 Å². The minimum absolute atomic E-state index is 0.173. The van der Waals surface area contributed by atoms with Gasteiger partial charge in [-0.15, -0.1) is 11.6 Å². The van der Waals surface area contributed by atoms with E-state index in [1.54, 1.807) is 0 Å². The fourth-order valence-electron chi connectivity index (χ4n) is 2.70. The minimum atomic E-state index is 0.173. The second kappa shape index (κ2) is 7.09. The molecular formula is C16H23ClN2O. The molecule has 1 aliphatic rings. The van der Waals surface area contributed by atoms with Gasteiger partial charge in [0.25, 0.3) is 0 Å². The fourth-order valence-corrected chi connectivity index (χ4v) is 2.94. The van der Waals surface area contributed by atoms with Crippen molar-refractivity contribution in [1.29, 1.82) is 0 Å². The summed E-state index contributed by atoms with van der Waals surface area (Å²) in [7, 11) is 4.01. The van der Waals surface area contributed by atoms with Crippen molar-refractivity contribution in [3.63, 3.8) is 0 Å². The lowest BCUT2D eigenvalue weighted by Gasteiger charge is -2.30. The van der Waals surface area contributed by atoms with Crippen LogP contribution in [0.2, 0.25) is 0 Å². The molecule has 4 heteroatoms. The van der Waals surface area contributed by atoms with Crippen molar-refractivity contribution < 1.29 is 4.79 Å². The maximum Gasteiger partial charge on any atom is 0.166 e. The number of hydrogen-bond donors (Lipinski definition) is 0. The molecule has 0 aromatic heterocycles. The van der Waals surface area contributed by atoms with Crippen LogP contribution in [0.3, 0.4) is 0 Å². The zero-order chi connectivity index (χ0) is 14.5. The second-order valence-corrected chi connectivity index (χ2v) is 5.99. The van der Waals surface area contributed by atoms with E-state index in [-0.39, 0.29) is 5.92 Å².